The molecule has 0 aliphatic carbocycles. The Morgan fingerprint density at radius 1 is 0.861 bits per heavy atom. The third-order valence-corrected chi connectivity index (χ3v) is 7.07. The maximum absolute atomic E-state index is 13.5. The number of unbranched alkanes of at least 4 members (excludes halogenated alkanes) is 6. The van der Waals surface area contributed by atoms with E-state index in [9.17, 15) is 14.1 Å². The number of anilines is 1. The van der Waals surface area contributed by atoms with Gasteiger partial charge in [0.15, 0.2) is 0 Å². The van der Waals surface area contributed by atoms with Crippen LogP contribution in [0.15, 0.2) is 24.3 Å². The molecule has 6 nitrogen and oxygen atoms in total. The van der Waals surface area contributed by atoms with E-state index in [0.29, 0.717) is 30.1 Å². The van der Waals surface area contributed by atoms with E-state index in [0.717, 1.165) is 68.1 Å². The monoisotopic (exact) mass is 516 g/mol. The van der Waals surface area contributed by atoms with Gasteiger partial charge in [-0.25, -0.2) is 0 Å². The van der Waals surface area contributed by atoms with E-state index >= 15 is 0 Å². The zero-order valence-corrected chi connectivity index (χ0v) is 23.7. The number of carbonyl (C=O) groups is 1. The van der Waals surface area contributed by atoms with Gasteiger partial charge in [0.2, 0.25) is 0 Å². The van der Waals surface area contributed by atoms with Crippen molar-refractivity contribution in [2.45, 2.75) is 92.9 Å². The second-order valence-electron chi connectivity index (χ2n) is 9.75. The molecule has 2 aromatic rings. The smallest absolute Gasteiger partial charge is 0.316 e. The number of hydrogen-bond acceptors (Lipinski definition) is 4. The van der Waals surface area contributed by atoms with E-state index in [1.807, 2.05) is 37.8 Å². The summed E-state index contributed by atoms with van der Waals surface area (Å²) in [6, 6.07) is 7.22. The Morgan fingerprint density at radius 2 is 1.42 bits per heavy atom. The Kier molecular flexibility index (Phi) is 12.3. The lowest BCUT2D eigenvalue weighted by Crippen LogP contribution is -2.33. The number of nitrogens with one attached hydrogen (secondary N) is 1. The van der Waals surface area contributed by atoms with E-state index in [1.54, 1.807) is 19.1 Å². The van der Waals surface area contributed by atoms with Gasteiger partial charge in [-0.15, -0.1) is 0 Å². The van der Waals surface area contributed by atoms with Crippen LogP contribution in [0.3, 0.4) is 0 Å². The van der Waals surface area contributed by atoms with Crippen LogP contribution in [-0.4, -0.2) is 33.2 Å². The van der Waals surface area contributed by atoms with Crippen molar-refractivity contribution < 1.29 is 18.3 Å². The highest BCUT2D eigenvalue weighted by molar-refractivity contribution is 7.82. The fourth-order valence-electron chi connectivity index (χ4n) is 4.44. The summed E-state index contributed by atoms with van der Waals surface area (Å²) in [4.78, 5) is 15.4. The molecule has 1 amide bonds. The molecule has 2 rings (SSSR count). The molecule has 0 saturated heterocycles. The minimum Gasteiger partial charge on any atom is -0.507 e. The van der Waals surface area contributed by atoms with Gasteiger partial charge in [-0.1, -0.05) is 70.1 Å². The van der Waals surface area contributed by atoms with Crippen molar-refractivity contribution >= 4 is 22.9 Å². The van der Waals surface area contributed by atoms with Crippen LogP contribution in [0.4, 0.5) is 5.69 Å². The normalized spacial score (nSPS) is 11.8. The molecule has 0 heterocycles. The third-order valence-electron chi connectivity index (χ3n) is 6.35. The summed E-state index contributed by atoms with van der Waals surface area (Å²) in [5.41, 5.74) is 4.15. The van der Waals surface area contributed by atoms with Crippen LogP contribution in [0.25, 0.3) is 0 Å². The van der Waals surface area contributed by atoms with E-state index in [-0.39, 0.29) is 17.2 Å². The number of phenols is 1. The van der Waals surface area contributed by atoms with E-state index in [1.165, 1.54) is 0 Å². The van der Waals surface area contributed by atoms with Gasteiger partial charge in [0.25, 0.3) is 5.91 Å². The fourth-order valence-corrected chi connectivity index (χ4v) is 5.20. The second-order valence-corrected chi connectivity index (χ2v) is 10.6. The molecule has 0 aromatic heterocycles. The van der Waals surface area contributed by atoms with E-state index in [4.69, 9.17) is 4.18 Å². The van der Waals surface area contributed by atoms with Crippen molar-refractivity contribution in [3.63, 3.8) is 0 Å². The zero-order valence-electron chi connectivity index (χ0n) is 22.9. The molecule has 2 aromatic carbocycles. The average molecular weight is 517 g/mol. The van der Waals surface area contributed by atoms with Gasteiger partial charge in [-0.2, -0.15) is 4.21 Å². The van der Waals surface area contributed by atoms with Crippen LogP contribution in [0, 0.1) is 27.7 Å². The lowest BCUT2D eigenvalue weighted by Gasteiger charge is -2.24. The van der Waals surface area contributed by atoms with Crippen molar-refractivity contribution in [1.29, 1.82) is 0 Å². The number of aromatic hydroxyl groups is 1. The van der Waals surface area contributed by atoms with Gasteiger partial charge in [0.1, 0.15) is 11.5 Å². The molecule has 0 aliphatic rings. The molecule has 0 spiro atoms. The van der Waals surface area contributed by atoms with Crippen LogP contribution in [-0.2, 0) is 11.3 Å². The molecular formula is C29H44N2O4S. The minimum atomic E-state index is -1.87. The Bertz CT molecular complexity index is 1000. The highest BCUT2D eigenvalue weighted by Crippen LogP contribution is 2.30. The highest BCUT2D eigenvalue weighted by Gasteiger charge is 2.21. The fraction of sp³-hybridized carbons (Fsp3) is 0.552. The summed E-state index contributed by atoms with van der Waals surface area (Å²) in [6.45, 7) is 13.3. The molecular weight excluding hydrogens is 472 g/mol. The number of amides is 1. The third kappa shape index (κ3) is 8.84. The van der Waals surface area contributed by atoms with E-state index in [2.05, 4.69) is 18.6 Å². The van der Waals surface area contributed by atoms with Crippen LogP contribution >= 0.6 is 0 Å². The number of carbonyl (C=O) groups excluding carboxylic acids is 1. The molecule has 1 unspecified atom stereocenters. The average Bonchev–Trinajstić information content (AvgIpc) is 2.82. The zero-order chi connectivity index (χ0) is 26.7. The lowest BCUT2D eigenvalue weighted by molar-refractivity contribution is 0.0746. The summed E-state index contributed by atoms with van der Waals surface area (Å²) in [5.74, 6) is 0.349. The number of aryl methyl sites for hydroxylation is 4. The van der Waals surface area contributed by atoms with Gasteiger partial charge in [0, 0.05) is 13.1 Å². The predicted octanol–water partition coefficient (Wildman–Crippen LogP) is 7.30. The summed E-state index contributed by atoms with van der Waals surface area (Å²) in [6.07, 6.45) is 8.61. The van der Waals surface area contributed by atoms with Crippen LogP contribution in [0.2, 0.25) is 0 Å². The summed E-state index contributed by atoms with van der Waals surface area (Å²) in [5, 5.41) is 10.7. The molecule has 0 radical (unpaired) electrons. The lowest BCUT2D eigenvalue weighted by atomic mass is 10.1. The number of hydrogen-bond donors (Lipinski definition) is 2. The van der Waals surface area contributed by atoms with Crippen molar-refractivity contribution in [3.8, 4) is 11.5 Å². The highest BCUT2D eigenvalue weighted by atomic mass is 32.2. The van der Waals surface area contributed by atoms with Crippen LogP contribution in [0.1, 0.15) is 97.8 Å². The first-order valence-electron chi connectivity index (χ1n) is 13.2. The number of phenolic OH excluding ortho intramolecular Hbond substituents is 1. The standard InChI is InChI=1S/C29H44N2O4S/c1-7-9-11-13-15-31(16-14-12-10-8-2)29(33)26-20-25(19-22(4)27(26)32)30-36(34)35-28-23(5)17-21(3)18-24(28)6/h17-20,30,32H,7-16H2,1-6H3. The molecule has 2 N–H and O–H groups in total. The van der Waals surface area contributed by atoms with Crippen molar-refractivity contribution in [3.05, 3.63) is 52.1 Å². The first-order valence-corrected chi connectivity index (χ1v) is 14.3. The topological polar surface area (TPSA) is 78.9 Å². The SMILES string of the molecule is CCCCCCN(CCCCCC)C(=O)c1cc(NS(=O)Oc2c(C)cc(C)cc2C)cc(C)c1O. The first kappa shape index (κ1) is 29.7. The first-order chi connectivity index (χ1) is 17.2. The maximum atomic E-state index is 13.5. The van der Waals surface area contributed by atoms with Crippen molar-refractivity contribution in [2.24, 2.45) is 0 Å². The van der Waals surface area contributed by atoms with Gasteiger partial charge in [-0.3, -0.25) is 9.52 Å². The van der Waals surface area contributed by atoms with Gasteiger partial charge >= 0.3 is 11.3 Å². The molecule has 0 fully saturated rings. The summed E-state index contributed by atoms with van der Waals surface area (Å²) in [7, 11) is 0. The second kappa shape index (κ2) is 14.9. The van der Waals surface area contributed by atoms with Crippen molar-refractivity contribution in [1.82, 2.24) is 4.90 Å². The molecule has 0 aliphatic heterocycles. The van der Waals surface area contributed by atoms with Crippen LogP contribution in [0.5, 0.6) is 11.5 Å². The van der Waals surface area contributed by atoms with Gasteiger partial charge < -0.3 is 14.2 Å². The maximum Gasteiger partial charge on any atom is 0.316 e. The minimum absolute atomic E-state index is 0.0328. The Morgan fingerprint density at radius 3 is 1.94 bits per heavy atom. The van der Waals surface area contributed by atoms with Crippen molar-refractivity contribution in [2.75, 3.05) is 17.8 Å². The van der Waals surface area contributed by atoms with E-state index < -0.39 is 11.3 Å². The molecule has 7 heteroatoms. The Balaban J connectivity index is 2.20. The number of rotatable bonds is 15. The molecule has 1 atom stereocenters. The molecule has 0 bridgehead atoms. The van der Waals surface area contributed by atoms with Gasteiger partial charge in [0.05, 0.1) is 11.3 Å². The Hall–Kier alpha value is -2.54. The summed E-state index contributed by atoms with van der Waals surface area (Å²) >= 11 is -1.87. The number of nitrogens with zero attached hydrogens (tertiary/aromatic N) is 1. The largest absolute Gasteiger partial charge is 0.507 e. The van der Waals surface area contributed by atoms with Gasteiger partial charge in [-0.05, 0) is 69.4 Å². The quantitative estimate of drug-likeness (QED) is 0.192. The molecule has 200 valence electrons. The summed E-state index contributed by atoms with van der Waals surface area (Å²) < 4.78 is 21.4. The Labute approximate surface area is 220 Å². The molecule has 36 heavy (non-hydrogen) atoms. The predicted molar refractivity (Wildman–Crippen MR) is 150 cm³/mol. The van der Waals surface area contributed by atoms with Crippen LogP contribution < -0.4 is 8.91 Å². The molecule has 0 saturated carbocycles. The number of benzene rings is 2.